The molecule has 4 aromatic rings. The van der Waals surface area contributed by atoms with Gasteiger partial charge in [-0.05, 0) is 25.0 Å². The zero-order valence-electron chi connectivity index (χ0n) is 22.4. The normalized spacial score (nSPS) is 20.7. The van der Waals surface area contributed by atoms with Gasteiger partial charge in [0.05, 0.1) is 49.4 Å². The summed E-state index contributed by atoms with van der Waals surface area (Å²) in [5.74, 6) is -2.60. The summed E-state index contributed by atoms with van der Waals surface area (Å²) < 4.78 is 41.1. The molecule has 3 N–H and O–H groups in total. The molecule has 1 amide bonds. The van der Waals surface area contributed by atoms with Gasteiger partial charge in [-0.25, -0.2) is 18.7 Å². The van der Waals surface area contributed by atoms with Gasteiger partial charge in [-0.2, -0.15) is 0 Å². The molecule has 0 bridgehead atoms. The molecule has 3 aromatic heterocycles. The number of halogens is 2. The summed E-state index contributed by atoms with van der Waals surface area (Å²) in [5, 5.41) is 11.1. The average molecular weight is 553 g/mol. The highest BCUT2D eigenvalue weighted by Gasteiger charge is 2.50. The lowest BCUT2D eigenvalue weighted by atomic mass is 10.1. The van der Waals surface area contributed by atoms with Gasteiger partial charge in [0, 0.05) is 49.5 Å². The molecule has 2 saturated heterocycles. The van der Waals surface area contributed by atoms with Crippen molar-refractivity contribution in [1.29, 1.82) is 0 Å². The zero-order valence-corrected chi connectivity index (χ0v) is 22.4. The van der Waals surface area contributed by atoms with Crippen molar-refractivity contribution >= 4 is 34.1 Å². The number of nitrogens with zero attached hydrogens (tertiary/aromatic N) is 5. The van der Waals surface area contributed by atoms with E-state index in [2.05, 4.69) is 25.7 Å². The summed E-state index contributed by atoms with van der Waals surface area (Å²) in [4.78, 5) is 27.3. The summed E-state index contributed by atoms with van der Waals surface area (Å²) in [6.07, 6.45) is 5.43. The number of ether oxygens (including phenoxy) is 2. The number of likely N-dealkylation sites (tertiary alicyclic amines) is 1. The van der Waals surface area contributed by atoms with Gasteiger partial charge in [0.25, 0.3) is 11.8 Å². The molecule has 210 valence electrons. The Morgan fingerprint density at radius 2 is 2.15 bits per heavy atom. The first-order chi connectivity index (χ1) is 19.2. The maximum Gasteiger partial charge on any atom is 0.262 e. The number of nitrogens with one attached hydrogen (secondary N) is 3. The molecular formula is C27H30F2N8O3. The Balaban J connectivity index is 1.28. The van der Waals surface area contributed by atoms with Crippen LogP contribution in [-0.2, 0) is 16.6 Å². The van der Waals surface area contributed by atoms with Gasteiger partial charge in [-0.3, -0.25) is 14.4 Å². The highest BCUT2D eigenvalue weighted by Crippen LogP contribution is 2.37. The minimum Gasteiger partial charge on any atom is -0.478 e. The van der Waals surface area contributed by atoms with E-state index in [1.807, 2.05) is 25.3 Å². The molecule has 0 spiro atoms. The third kappa shape index (κ3) is 4.86. The molecule has 5 heterocycles. The van der Waals surface area contributed by atoms with Crippen molar-refractivity contribution in [3.05, 3.63) is 42.4 Å². The van der Waals surface area contributed by atoms with Crippen LogP contribution < -0.4 is 15.4 Å². The fourth-order valence-electron chi connectivity index (χ4n) is 5.52. The Hall–Kier alpha value is -4.10. The number of hydrogen-bond donors (Lipinski definition) is 3. The number of benzene rings is 1. The minimum absolute atomic E-state index is 0.188. The standard InChI is InChI=1S/C27H30F2N8O3/c1-15-10-31-26(33-20-12-36(2)35-25(20)39-3)34-22(15)18-11-30-23-17(18)5-4-6-19(23)32-24(38)21-9-27(28,29)14-37(21)16-7-8-40-13-16/h4-6,10-12,16,21,30H,7-9,13-14H2,1-3H3,(H,32,38)(H,31,33,34)/t16-,21?/m0/s1. The van der Waals surface area contributed by atoms with Gasteiger partial charge in [0.1, 0.15) is 5.69 Å². The molecular weight excluding hydrogens is 522 g/mol. The number of carbonyl (C=O) groups excluding carboxylic acids is 1. The van der Waals surface area contributed by atoms with Crippen LogP contribution in [0.2, 0.25) is 0 Å². The zero-order chi connectivity index (χ0) is 28.0. The number of anilines is 3. The first-order valence-corrected chi connectivity index (χ1v) is 13.0. The van der Waals surface area contributed by atoms with E-state index in [0.717, 1.165) is 16.5 Å². The highest BCUT2D eigenvalue weighted by molar-refractivity contribution is 6.06. The monoisotopic (exact) mass is 552 g/mol. The van der Waals surface area contributed by atoms with E-state index < -0.39 is 30.8 Å². The van der Waals surface area contributed by atoms with Crippen molar-refractivity contribution in [2.45, 2.75) is 37.8 Å². The molecule has 2 aliphatic rings. The predicted octanol–water partition coefficient (Wildman–Crippen LogP) is 3.86. The largest absolute Gasteiger partial charge is 0.478 e. The quantitative estimate of drug-likeness (QED) is 0.316. The number of methoxy groups -OCH3 is 1. The third-order valence-corrected chi connectivity index (χ3v) is 7.42. The number of aryl methyl sites for hydroxylation is 2. The molecule has 1 unspecified atom stereocenters. The summed E-state index contributed by atoms with van der Waals surface area (Å²) >= 11 is 0. The number of rotatable bonds is 7. The summed E-state index contributed by atoms with van der Waals surface area (Å²) in [6, 6.07) is 4.37. The molecule has 2 atom stereocenters. The lowest BCUT2D eigenvalue weighted by Crippen LogP contribution is -2.46. The number of aromatic amines is 1. The molecule has 0 radical (unpaired) electrons. The van der Waals surface area contributed by atoms with E-state index in [-0.39, 0.29) is 6.04 Å². The number of aromatic nitrogens is 5. The molecule has 11 nitrogen and oxygen atoms in total. The fourth-order valence-corrected chi connectivity index (χ4v) is 5.52. The van der Waals surface area contributed by atoms with Gasteiger partial charge >= 0.3 is 0 Å². The topological polar surface area (TPSA) is 122 Å². The number of carbonyl (C=O) groups is 1. The van der Waals surface area contributed by atoms with Crippen LogP contribution in [-0.4, -0.2) is 80.4 Å². The van der Waals surface area contributed by atoms with E-state index in [0.29, 0.717) is 54.0 Å². The smallest absolute Gasteiger partial charge is 0.262 e. The number of amides is 1. The van der Waals surface area contributed by atoms with Crippen LogP contribution in [0.15, 0.2) is 36.8 Å². The van der Waals surface area contributed by atoms with Gasteiger partial charge < -0.3 is 25.1 Å². The maximum absolute atomic E-state index is 14.4. The second-order valence-electron chi connectivity index (χ2n) is 10.3. The van der Waals surface area contributed by atoms with Crippen molar-refractivity contribution in [2.75, 3.05) is 37.5 Å². The number of para-hydroxylation sites is 1. The SMILES string of the molecule is COc1nn(C)cc1Nc1ncc(C)c(-c2c[nH]c3c(NC(=O)C4CC(F)(F)CN4[C@H]4CCOC4)cccc23)n1. The van der Waals surface area contributed by atoms with Crippen molar-refractivity contribution in [1.82, 2.24) is 29.6 Å². The van der Waals surface area contributed by atoms with Crippen LogP contribution in [0.4, 0.5) is 26.1 Å². The van der Waals surface area contributed by atoms with Crippen molar-refractivity contribution < 1.29 is 23.0 Å². The second kappa shape index (κ2) is 10.1. The molecule has 0 aliphatic carbocycles. The first-order valence-electron chi connectivity index (χ1n) is 13.0. The summed E-state index contributed by atoms with van der Waals surface area (Å²) in [7, 11) is 3.33. The predicted molar refractivity (Wildman–Crippen MR) is 145 cm³/mol. The molecule has 6 rings (SSSR count). The summed E-state index contributed by atoms with van der Waals surface area (Å²) in [5.41, 5.74) is 4.16. The van der Waals surface area contributed by atoms with Crippen LogP contribution in [0.25, 0.3) is 22.2 Å². The van der Waals surface area contributed by atoms with E-state index in [1.54, 1.807) is 35.1 Å². The number of alkyl halides is 2. The van der Waals surface area contributed by atoms with Gasteiger partial charge in [0.2, 0.25) is 11.9 Å². The van der Waals surface area contributed by atoms with Crippen molar-refractivity contribution in [2.24, 2.45) is 7.05 Å². The Bertz CT molecular complexity index is 1560. The molecule has 0 saturated carbocycles. The summed E-state index contributed by atoms with van der Waals surface area (Å²) in [6.45, 7) is 2.35. The number of H-pyrrole nitrogens is 1. The van der Waals surface area contributed by atoms with Gasteiger partial charge in [-0.1, -0.05) is 12.1 Å². The number of fused-ring (bicyclic) bond motifs is 1. The highest BCUT2D eigenvalue weighted by atomic mass is 19.3. The van der Waals surface area contributed by atoms with Crippen molar-refractivity contribution in [3.63, 3.8) is 0 Å². The van der Waals surface area contributed by atoms with E-state index >= 15 is 0 Å². The lowest BCUT2D eigenvalue weighted by molar-refractivity contribution is -0.121. The Morgan fingerprint density at radius 1 is 1.30 bits per heavy atom. The van der Waals surface area contributed by atoms with Crippen LogP contribution >= 0.6 is 0 Å². The minimum atomic E-state index is -2.92. The Labute approximate surface area is 228 Å². The third-order valence-electron chi connectivity index (χ3n) is 7.42. The van der Waals surface area contributed by atoms with Crippen LogP contribution in [0.1, 0.15) is 18.4 Å². The Morgan fingerprint density at radius 3 is 2.92 bits per heavy atom. The maximum atomic E-state index is 14.4. The molecule has 13 heteroatoms. The lowest BCUT2D eigenvalue weighted by Gasteiger charge is -2.28. The molecule has 40 heavy (non-hydrogen) atoms. The Kier molecular flexibility index (Phi) is 6.62. The van der Waals surface area contributed by atoms with Crippen LogP contribution in [0, 0.1) is 6.92 Å². The van der Waals surface area contributed by atoms with Crippen molar-refractivity contribution in [3.8, 4) is 17.1 Å². The van der Waals surface area contributed by atoms with E-state index in [9.17, 15) is 13.6 Å². The molecule has 1 aromatic carbocycles. The number of hydrogen-bond acceptors (Lipinski definition) is 8. The van der Waals surface area contributed by atoms with Crippen LogP contribution in [0.5, 0.6) is 5.88 Å². The average Bonchev–Trinajstić information content (AvgIpc) is 3.71. The van der Waals surface area contributed by atoms with E-state index in [4.69, 9.17) is 14.5 Å². The molecule has 2 aliphatic heterocycles. The fraction of sp³-hybridized carbons (Fsp3) is 0.407. The van der Waals surface area contributed by atoms with Crippen LogP contribution in [0.3, 0.4) is 0 Å². The first kappa shape index (κ1) is 26.1. The van der Waals surface area contributed by atoms with Gasteiger partial charge in [0.15, 0.2) is 0 Å². The molecule has 2 fully saturated rings. The second-order valence-corrected chi connectivity index (χ2v) is 10.3. The van der Waals surface area contributed by atoms with E-state index in [1.165, 1.54) is 7.11 Å². The van der Waals surface area contributed by atoms with Gasteiger partial charge in [-0.15, -0.1) is 5.10 Å².